The summed E-state index contributed by atoms with van der Waals surface area (Å²) in [6.07, 6.45) is 0.618. The molecule has 27 heavy (non-hydrogen) atoms. The SMILES string of the molecule is CCOC(=O)c1c(NC(=O)c2ccccc2[N+](=O)[O-])sc(Br)c1CC(C)C. The largest absolute Gasteiger partial charge is 0.462 e. The van der Waals surface area contributed by atoms with Gasteiger partial charge in [-0.3, -0.25) is 14.9 Å². The van der Waals surface area contributed by atoms with Crippen LogP contribution in [0.2, 0.25) is 0 Å². The summed E-state index contributed by atoms with van der Waals surface area (Å²) in [6.45, 7) is 5.94. The van der Waals surface area contributed by atoms with Crippen LogP contribution in [-0.4, -0.2) is 23.4 Å². The lowest BCUT2D eigenvalue weighted by Crippen LogP contribution is -2.16. The smallest absolute Gasteiger partial charge is 0.341 e. The van der Waals surface area contributed by atoms with E-state index < -0.39 is 16.8 Å². The van der Waals surface area contributed by atoms with Gasteiger partial charge < -0.3 is 10.1 Å². The highest BCUT2D eigenvalue weighted by molar-refractivity contribution is 9.11. The number of halogens is 1. The summed E-state index contributed by atoms with van der Waals surface area (Å²) in [5.74, 6) is -0.909. The minimum Gasteiger partial charge on any atom is -0.462 e. The highest BCUT2D eigenvalue weighted by atomic mass is 79.9. The molecule has 1 aromatic heterocycles. The van der Waals surface area contributed by atoms with E-state index in [1.165, 1.54) is 29.5 Å². The van der Waals surface area contributed by atoms with Crippen molar-refractivity contribution in [1.82, 2.24) is 0 Å². The second-order valence-electron chi connectivity index (χ2n) is 6.11. The highest BCUT2D eigenvalue weighted by Crippen LogP contribution is 2.39. The number of para-hydroxylation sites is 1. The van der Waals surface area contributed by atoms with E-state index in [-0.39, 0.29) is 29.3 Å². The number of carbonyl (C=O) groups excluding carboxylic acids is 2. The Kier molecular flexibility index (Phi) is 7.09. The lowest BCUT2D eigenvalue weighted by molar-refractivity contribution is -0.385. The van der Waals surface area contributed by atoms with Crippen LogP contribution in [0.1, 0.15) is 47.1 Å². The molecule has 2 rings (SSSR count). The molecule has 1 aromatic carbocycles. The van der Waals surface area contributed by atoms with Gasteiger partial charge in [0, 0.05) is 6.07 Å². The van der Waals surface area contributed by atoms with E-state index >= 15 is 0 Å². The lowest BCUT2D eigenvalue weighted by atomic mass is 10.0. The third-order valence-corrected chi connectivity index (χ3v) is 5.52. The third kappa shape index (κ3) is 4.92. The Morgan fingerprint density at radius 2 is 2.00 bits per heavy atom. The van der Waals surface area contributed by atoms with E-state index in [4.69, 9.17) is 4.74 Å². The first-order valence-electron chi connectivity index (χ1n) is 8.29. The minimum atomic E-state index is -0.655. The first-order valence-corrected chi connectivity index (χ1v) is 9.90. The number of thiophene rings is 1. The van der Waals surface area contributed by atoms with Gasteiger partial charge in [0.2, 0.25) is 0 Å². The Morgan fingerprint density at radius 1 is 1.33 bits per heavy atom. The molecule has 0 radical (unpaired) electrons. The zero-order valence-electron chi connectivity index (χ0n) is 15.1. The Balaban J connectivity index is 2.45. The van der Waals surface area contributed by atoms with Gasteiger partial charge >= 0.3 is 5.97 Å². The molecule has 7 nitrogen and oxygen atoms in total. The molecule has 2 aromatic rings. The fourth-order valence-electron chi connectivity index (χ4n) is 2.53. The number of rotatable bonds is 7. The van der Waals surface area contributed by atoms with Crippen LogP contribution < -0.4 is 5.32 Å². The Morgan fingerprint density at radius 3 is 2.59 bits per heavy atom. The maximum Gasteiger partial charge on any atom is 0.341 e. The fourth-order valence-corrected chi connectivity index (χ4v) is 4.32. The number of nitro groups is 1. The molecule has 0 aliphatic heterocycles. The van der Waals surface area contributed by atoms with Crippen molar-refractivity contribution >= 4 is 49.8 Å². The topological polar surface area (TPSA) is 98.5 Å². The number of carbonyl (C=O) groups is 2. The number of hydrogen-bond acceptors (Lipinski definition) is 6. The Labute approximate surface area is 169 Å². The van der Waals surface area contributed by atoms with E-state index in [2.05, 4.69) is 21.2 Å². The Bertz CT molecular complexity index is 879. The van der Waals surface area contributed by atoms with E-state index in [9.17, 15) is 19.7 Å². The molecule has 0 bridgehead atoms. The van der Waals surface area contributed by atoms with Crippen LogP contribution in [0.3, 0.4) is 0 Å². The van der Waals surface area contributed by atoms with Crippen molar-refractivity contribution in [3.05, 3.63) is 54.9 Å². The van der Waals surface area contributed by atoms with Crippen molar-refractivity contribution in [3.8, 4) is 0 Å². The summed E-state index contributed by atoms with van der Waals surface area (Å²) in [5, 5.41) is 14.1. The van der Waals surface area contributed by atoms with Crippen LogP contribution >= 0.6 is 27.3 Å². The summed E-state index contributed by atoms with van der Waals surface area (Å²) >= 11 is 4.64. The maximum absolute atomic E-state index is 12.6. The number of hydrogen-bond donors (Lipinski definition) is 1. The molecule has 0 saturated heterocycles. The first-order chi connectivity index (χ1) is 12.8. The molecule has 1 heterocycles. The summed E-state index contributed by atoms with van der Waals surface area (Å²) < 4.78 is 5.86. The van der Waals surface area contributed by atoms with Crippen molar-refractivity contribution in [2.75, 3.05) is 11.9 Å². The van der Waals surface area contributed by atoms with Crippen LogP contribution in [0, 0.1) is 16.0 Å². The van der Waals surface area contributed by atoms with Gasteiger partial charge in [-0.15, -0.1) is 11.3 Å². The molecular weight excluding hydrogens is 436 g/mol. The average Bonchev–Trinajstić information content (AvgIpc) is 2.89. The number of ether oxygens (including phenoxy) is 1. The molecule has 144 valence electrons. The molecule has 1 amide bonds. The predicted octanol–water partition coefficient (Wildman–Crippen LogP) is 5.05. The summed E-state index contributed by atoms with van der Waals surface area (Å²) in [5.41, 5.74) is 0.665. The molecule has 1 N–H and O–H groups in total. The van der Waals surface area contributed by atoms with E-state index in [0.29, 0.717) is 11.4 Å². The average molecular weight is 455 g/mol. The number of nitrogens with zero attached hydrogens (tertiary/aromatic N) is 1. The second kappa shape index (κ2) is 9.09. The van der Waals surface area contributed by atoms with Crippen molar-refractivity contribution in [3.63, 3.8) is 0 Å². The second-order valence-corrected chi connectivity index (χ2v) is 8.44. The number of nitrogens with one attached hydrogen (secondary N) is 1. The van der Waals surface area contributed by atoms with Gasteiger partial charge in [-0.25, -0.2) is 4.79 Å². The standard InChI is InChI=1S/C18H19BrN2O5S/c1-4-26-18(23)14-12(9-10(2)3)15(19)27-17(14)20-16(22)11-7-5-6-8-13(11)21(24)25/h5-8,10H,4,9H2,1-3H3,(H,20,22). The fraction of sp³-hybridized carbons (Fsp3) is 0.333. The molecule has 0 unspecified atom stereocenters. The third-order valence-electron chi connectivity index (χ3n) is 3.62. The minimum absolute atomic E-state index is 0.0766. The van der Waals surface area contributed by atoms with Crippen molar-refractivity contribution in [2.45, 2.75) is 27.2 Å². The van der Waals surface area contributed by atoms with Gasteiger partial charge in [0.05, 0.1) is 20.9 Å². The number of esters is 1. The normalized spacial score (nSPS) is 10.7. The lowest BCUT2D eigenvalue weighted by Gasteiger charge is -2.10. The molecule has 9 heteroatoms. The van der Waals surface area contributed by atoms with Gasteiger partial charge in [0.15, 0.2) is 0 Å². The van der Waals surface area contributed by atoms with Crippen LogP contribution in [0.5, 0.6) is 0 Å². The molecule has 0 atom stereocenters. The molecule has 0 fully saturated rings. The van der Waals surface area contributed by atoms with Crippen LogP contribution in [0.25, 0.3) is 0 Å². The highest BCUT2D eigenvalue weighted by Gasteiger charge is 2.27. The summed E-state index contributed by atoms with van der Waals surface area (Å²) in [6, 6.07) is 5.66. The van der Waals surface area contributed by atoms with Crippen LogP contribution in [0.15, 0.2) is 28.1 Å². The van der Waals surface area contributed by atoms with Gasteiger partial charge in [0.1, 0.15) is 10.6 Å². The van der Waals surface area contributed by atoms with Crippen molar-refractivity contribution < 1.29 is 19.2 Å². The van der Waals surface area contributed by atoms with Gasteiger partial charge in [-0.2, -0.15) is 0 Å². The van der Waals surface area contributed by atoms with E-state index in [1.807, 2.05) is 13.8 Å². The number of benzene rings is 1. The first kappa shape index (κ1) is 21.0. The molecule has 0 spiro atoms. The zero-order chi connectivity index (χ0) is 20.1. The number of anilines is 1. The Hall–Kier alpha value is -2.26. The summed E-state index contributed by atoms with van der Waals surface area (Å²) in [7, 11) is 0. The van der Waals surface area contributed by atoms with Gasteiger partial charge in [-0.05, 0) is 46.8 Å². The molecule has 0 saturated carbocycles. The van der Waals surface area contributed by atoms with Crippen molar-refractivity contribution in [2.24, 2.45) is 5.92 Å². The molecule has 0 aliphatic rings. The molecular formula is C18H19BrN2O5S. The number of nitro benzene ring substituents is 1. The van der Waals surface area contributed by atoms with E-state index in [0.717, 1.165) is 9.35 Å². The predicted molar refractivity (Wildman–Crippen MR) is 108 cm³/mol. The maximum atomic E-state index is 12.6. The van der Waals surface area contributed by atoms with Crippen molar-refractivity contribution in [1.29, 1.82) is 0 Å². The van der Waals surface area contributed by atoms with Crippen LogP contribution in [0.4, 0.5) is 10.7 Å². The quantitative estimate of drug-likeness (QED) is 0.358. The summed E-state index contributed by atoms with van der Waals surface area (Å²) in [4.78, 5) is 35.7. The van der Waals surface area contributed by atoms with Crippen LogP contribution in [-0.2, 0) is 11.2 Å². The monoisotopic (exact) mass is 454 g/mol. The zero-order valence-corrected chi connectivity index (χ0v) is 17.5. The van der Waals surface area contributed by atoms with E-state index in [1.54, 1.807) is 13.0 Å². The van der Waals surface area contributed by atoms with Gasteiger partial charge in [-0.1, -0.05) is 26.0 Å². The van der Waals surface area contributed by atoms with Gasteiger partial charge in [0.25, 0.3) is 11.6 Å². The number of amides is 1. The molecule has 0 aliphatic carbocycles.